The molecule has 1 saturated carbocycles. The van der Waals surface area contributed by atoms with Gasteiger partial charge in [-0.2, -0.15) is 0 Å². The fourth-order valence-electron chi connectivity index (χ4n) is 2.63. The van der Waals surface area contributed by atoms with Gasteiger partial charge in [-0.05, 0) is 30.2 Å². The van der Waals surface area contributed by atoms with Crippen LogP contribution in [0, 0.1) is 11.8 Å². The predicted octanol–water partition coefficient (Wildman–Crippen LogP) is 5.47. The van der Waals surface area contributed by atoms with Crippen molar-refractivity contribution in [2.45, 2.75) is 59.3 Å². The number of rotatable bonds is 3. The minimum atomic E-state index is 0.984. The van der Waals surface area contributed by atoms with Gasteiger partial charge in [0, 0.05) is 0 Å². The fourth-order valence-corrected chi connectivity index (χ4v) is 2.63. The van der Waals surface area contributed by atoms with Crippen molar-refractivity contribution in [3.05, 3.63) is 35.9 Å². The molecule has 1 aromatic carbocycles. The highest BCUT2D eigenvalue weighted by atomic mass is 14.2. The fraction of sp³-hybridized carbons (Fsp3) is 0.647. The molecule has 0 saturated heterocycles. The van der Waals surface area contributed by atoms with Gasteiger partial charge in [-0.25, -0.2) is 0 Å². The summed E-state index contributed by atoms with van der Waals surface area (Å²) < 4.78 is 0. The molecule has 0 atom stereocenters. The quantitative estimate of drug-likeness (QED) is 0.648. The Kier molecular flexibility index (Phi) is 7.00. The van der Waals surface area contributed by atoms with Crippen LogP contribution in [0.4, 0.5) is 0 Å². The maximum atomic E-state index is 2.40. The van der Waals surface area contributed by atoms with Crippen molar-refractivity contribution in [2.75, 3.05) is 0 Å². The third-order valence-electron chi connectivity index (χ3n) is 3.82. The summed E-state index contributed by atoms with van der Waals surface area (Å²) >= 11 is 0. The first kappa shape index (κ1) is 14.3. The average molecular weight is 232 g/mol. The van der Waals surface area contributed by atoms with Crippen molar-refractivity contribution in [1.82, 2.24) is 0 Å². The Balaban J connectivity index is 0.000000686. The van der Waals surface area contributed by atoms with E-state index in [9.17, 15) is 0 Å². The summed E-state index contributed by atoms with van der Waals surface area (Å²) in [4.78, 5) is 0. The lowest BCUT2D eigenvalue weighted by Gasteiger charge is -2.26. The number of hydrogen-bond acceptors (Lipinski definition) is 0. The maximum absolute atomic E-state index is 2.40. The van der Waals surface area contributed by atoms with E-state index in [1.165, 1.54) is 44.1 Å². The van der Waals surface area contributed by atoms with Crippen LogP contribution in [0.5, 0.6) is 0 Å². The summed E-state index contributed by atoms with van der Waals surface area (Å²) in [6.45, 7) is 6.40. The Bertz CT molecular complexity index is 267. The summed E-state index contributed by atoms with van der Waals surface area (Å²) in [7, 11) is 0. The minimum Gasteiger partial charge on any atom is -0.0683 e. The van der Waals surface area contributed by atoms with Gasteiger partial charge < -0.3 is 0 Å². The first-order valence-electron chi connectivity index (χ1n) is 7.38. The molecule has 0 unspecified atom stereocenters. The Morgan fingerprint density at radius 2 is 1.53 bits per heavy atom. The van der Waals surface area contributed by atoms with Crippen molar-refractivity contribution in [3.63, 3.8) is 0 Å². The molecule has 0 nitrogen and oxygen atoms in total. The second-order valence-electron chi connectivity index (χ2n) is 5.15. The van der Waals surface area contributed by atoms with E-state index in [1.807, 2.05) is 13.8 Å². The van der Waals surface area contributed by atoms with E-state index in [0.29, 0.717) is 0 Å². The Morgan fingerprint density at radius 3 is 2.12 bits per heavy atom. The lowest BCUT2D eigenvalue weighted by atomic mass is 9.80. The van der Waals surface area contributed by atoms with Gasteiger partial charge in [-0.1, -0.05) is 76.8 Å². The molecule has 0 heterocycles. The molecule has 1 aliphatic carbocycles. The molecule has 1 fully saturated rings. The smallest absolute Gasteiger partial charge is 0.0276 e. The van der Waals surface area contributed by atoms with Crippen molar-refractivity contribution in [3.8, 4) is 0 Å². The molecule has 96 valence electrons. The molecule has 1 aliphatic rings. The zero-order valence-electron chi connectivity index (χ0n) is 11.8. The summed E-state index contributed by atoms with van der Waals surface area (Å²) in [5.74, 6) is 1.99. The van der Waals surface area contributed by atoms with Gasteiger partial charge in [-0.15, -0.1) is 0 Å². The Morgan fingerprint density at radius 1 is 0.941 bits per heavy atom. The highest BCUT2D eigenvalue weighted by Crippen LogP contribution is 2.31. The van der Waals surface area contributed by atoms with Crippen LogP contribution in [0.3, 0.4) is 0 Å². The van der Waals surface area contributed by atoms with Crippen molar-refractivity contribution < 1.29 is 0 Å². The third-order valence-corrected chi connectivity index (χ3v) is 3.82. The average Bonchev–Trinajstić information content (AvgIpc) is 2.42. The lowest BCUT2D eigenvalue weighted by Crippen LogP contribution is -2.12. The molecule has 0 spiro atoms. The summed E-state index contributed by atoms with van der Waals surface area (Å²) in [6, 6.07) is 10.9. The van der Waals surface area contributed by atoms with Crippen LogP contribution in [0.25, 0.3) is 0 Å². The lowest BCUT2D eigenvalue weighted by molar-refractivity contribution is 0.278. The van der Waals surface area contributed by atoms with Crippen molar-refractivity contribution in [1.29, 1.82) is 0 Å². The highest BCUT2D eigenvalue weighted by Gasteiger charge is 2.17. The molecule has 1 aromatic rings. The summed E-state index contributed by atoms with van der Waals surface area (Å²) in [5.41, 5.74) is 1.51. The van der Waals surface area contributed by atoms with Gasteiger partial charge in [0.15, 0.2) is 0 Å². The largest absolute Gasteiger partial charge is 0.0683 e. The van der Waals surface area contributed by atoms with Crippen molar-refractivity contribution >= 4 is 0 Å². The van der Waals surface area contributed by atoms with E-state index in [4.69, 9.17) is 0 Å². The van der Waals surface area contributed by atoms with E-state index < -0.39 is 0 Å². The van der Waals surface area contributed by atoms with E-state index in [0.717, 1.165) is 11.8 Å². The Labute approximate surface area is 107 Å². The van der Waals surface area contributed by atoms with Crippen LogP contribution < -0.4 is 0 Å². The van der Waals surface area contributed by atoms with E-state index in [-0.39, 0.29) is 0 Å². The van der Waals surface area contributed by atoms with Gasteiger partial charge in [0.1, 0.15) is 0 Å². The molecule has 0 bridgehead atoms. The van der Waals surface area contributed by atoms with Crippen LogP contribution in [-0.4, -0.2) is 0 Å². The van der Waals surface area contributed by atoms with Crippen LogP contribution in [0.1, 0.15) is 58.4 Å². The van der Waals surface area contributed by atoms with Crippen LogP contribution in [-0.2, 0) is 6.42 Å². The SMILES string of the molecule is CC.CC1CCC(CCc2ccccc2)CC1. The second kappa shape index (κ2) is 8.33. The standard InChI is InChI=1S/C15H22.C2H6/c1-13-7-9-15(10-8-13)12-11-14-5-3-2-4-6-14;1-2/h2-6,13,15H,7-12H2,1H3;1-2H3. The highest BCUT2D eigenvalue weighted by molar-refractivity contribution is 5.14. The van der Waals surface area contributed by atoms with Crippen LogP contribution in [0.15, 0.2) is 30.3 Å². The number of benzene rings is 1. The van der Waals surface area contributed by atoms with Crippen LogP contribution >= 0.6 is 0 Å². The molecule has 0 aliphatic heterocycles. The molecule has 2 rings (SSSR count). The maximum Gasteiger partial charge on any atom is -0.0276 e. The van der Waals surface area contributed by atoms with Gasteiger partial charge in [0.05, 0.1) is 0 Å². The molecule has 17 heavy (non-hydrogen) atoms. The normalized spacial score (nSPS) is 23.7. The van der Waals surface area contributed by atoms with Gasteiger partial charge in [0.2, 0.25) is 0 Å². The number of aryl methyl sites for hydroxylation is 1. The third kappa shape index (κ3) is 5.39. The molecule has 0 radical (unpaired) electrons. The monoisotopic (exact) mass is 232 g/mol. The predicted molar refractivity (Wildman–Crippen MR) is 77.2 cm³/mol. The molecular weight excluding hydrogens is 204 g/mol. The zero-order chi connectivity index (χ0) is 12.5. The number of hydrogen-bond donors (Lipinski definition) is 0. The van der Waals surface area contributed by atoms with Gasteiger partial charge in [-0.3, -0.25) is 0 Å². The molecule has 0 aromatic heterocycles. The summed E-state index contributed by atoms with van der Waals surface area (Å²) in [6.07, 6.45) is 8.53. The first-order chi connectivity index (χ1) is 8.34. The molecule has 0 N–H and O–H groups in total. The van der Waals surface area contributed by atoms with E-state index in [2.05, 4.69) is 37.3 Å². The van der Waals surface area contributed by atoms with E-state index >= 15 is 0 Å². The second-order valence-corrected chi connectivity index (χ2v) is 5.15. The summed E-state index contributed by atoms with van der Waals surface area (Å²) in [5, 5.41) is 0. The van der Waals surface area contributed by atoms with E-state index in [1.54, 1.807) is 0 Å². The van der Waals surface area contributed by atoms with Crippen molar-refractivity contribution in [2.24, 2.45) is 11.8 Å². The Hall–Kier alpha value is -0.780. The zero-order valence-corrected chi connectivity index (χ0v) is 11.8. The molecule has 0 amide bonds. The van der Waals surface area contributed by atoms with Gasteiger partial charge >= 0.3 is 0 Å². The topological polar surface area (TPSA) is 0 Å². The minimum absolute atomic E-state index is 0.984. The van der Waals surface area contributed by atoms with Crippen LogP contribution in [0.2, 0.25) is 0 Å². The molecular formula is C17H28. The molecule has 0 heteroatoms. The van der Waals surface area contributed by atoms with Gasteiger partial charge in [0.25, 0.3) is 0 Å². The first-order valence-corrected chi connectivity index (χ1v) is 7.38.